The molecule has 62 valence electrons. The van der Waals surface area contributed by atoms with E-state index in [0.29, 0.717) is 0 Å². The quantitative estimate of drug-likeness (QED) is 0.497. The summed E-state index contributed by atoms with van der Waals surface area (Å²) in [6.45, 7) is 0. The van der Waals surface area contributed by atoms with Crippen LogP contribution < -0.4 is 0 Å². The van der Waals surface area contributed by atoms with Gasteiger partial charge in [-0.1, -0.05) is 25.7 Å². The highest BCUT2D eigenvalue weighted by atomic mass is 14.5. The molecule has 1 unspecified atom stereocenters. The van der Waals surface area contributed by atoms with E-state index in [4.69, 9.17) is 0 Å². The summed E-state index contributed by atoms with van der Waals surface area (Å²) in [6, 6.07) is 0. The van der Waals surface area contributed by atoms with Crippen LogP contribution in [0.5, 0.6) is 0 Å². The summed E-state index contributed by atoms with van der Waals surface area (Å²) in [5.74, 6) is 4.76. The predicted octanol–water partition coefficient (Wildman–Crippen LogP) is 3.22. The van der Waals surface area contributed by atoms with Crippen LogP contribution in [0.25, 0.3) is 0 Å². The Morgan fingerprint density at radius 1 is 0.636 bits per heavy atom. The molecule has 3 saturated carbocycles. The Kier molecular flexibility index (Phi) is 1.33. The lowest BCUT2D eigenvalue weighted by Gasteiger charge is -2.15. The molecule has 0 N–H and O–H groups in total. The number of fused-ring (bicyclic) bond motifs is 3. The fourth-order valence-electron chi connectivity index (χ4n) is 4.23. The van der Waals surface area contributed by atoms with Crippen LogP contribution in [-0.4, -0.2) is 0 Å². The van der Waals surface area contributed by atoms with Crippen LogP contribution in [0, 0.1) is 23.7 Å². The Hall–Kier alpha value is 0. The molecule has 0 amide bonds. The molecular weight excluding hydrogens is 132 g/mol. The van der Waals surface area contributed by atoms with Crippen molar-refractivity contribution in [1.82, 2.24) is 0 Å². The molecule has 3 aliphatic carbocycles. The summed E-state index contributed by atoms with van der Waals surface area (Å²) in [7, 11) is 0. The van der Waals surface area contributed by atoms with Crippen LogP contribution >= 0.6 is 0 Å². The monoisotopic (exact) mass is 150 g/mol. The van der Waals surface area contributed by atoms with Gasteiger partial charge in [0.15, 0.2) is 0 Å². The average molecular weight is 150 g/mol. The fraction of sp³-hybridized carbons (Fsp3) is 1.00. The molecule has 3 aliphatic rings. The molecule has 0 radical (unpaired) electrons. The SMILES string of the molecule is C1CC2[C@@H](C1)C[C@H]1CCC[C@@H]21. The van der Waals surface area contributed by atoms with Gasteiger partial charge >= 0.3 is 0 Å². The van der Waals surface area contributed by atoms with Gasteiger partial charge in [-0.05, 0) is 42.9 Å². The van der Waals surface area contributed by atoms with Gasteiger partial charge in [0.05, 0.1) is 0 Å². The van der Waals surface area contributed by atoms with Crippen molar-refractivity contribution in [3.8, 4) is 0 Å². The topological polar surface area (TPSA) is 0 Å². The first kappa shape index (κ1) is 6.51. The molecule has 0 heteroatoms. The lowest BCUT2D eigenvalue weighted by atomic mass is 9.90. The van der Waals surface area contributed by atoms with Gasteiger partial charge in [-0.25, -0.2) is 0 Å². The van der Waals surface area contributed by atoms with Crippen molar-refractivity contribution in [3.05, 3.63) is 0 Å². The van der Waals surface area contributed by atoms with Crippen LogP contribution in [0.3, 0.4) is 0 Å². The molecule has 3 fully saturated rings. The molecule has 3 rings (SSSR count). The molecule has 0 saturated heterocycles. The average Bonchev–Trinajstić information content (AvgIpc) is 2.52. The number of hydrogen-bond acceptors (Lipinski definition) is 0. The smallest absolute Gasteiger partial charge is 0.0355 e. The van der Waals surface area contributed by atoms with Crippen LogP contribution in [0.2, 0.25) is 0 Å². The Morgan fingerprint density at radius 3 is 1.73 bits per heavy atom. The normalized spacial score (nSPS) is 54.5. The van der Waals surface area contributed by atoms with Gasteiger partial charge in [0.2, 0.25) is 0 Å². The van der Waals surface area contributed by atoms with Crippen molar-refractivity contribution in [3.63, 3.8) is 0 Å². The molecule has 0 aromatic carbocycles. The highest BCUT2D eigenvalue weighted by Gasteiger charge is 2.46. The molecule has 0 aromatic rings. The second-order valence-electron chi connectivity index (χ2n) is 4.95. The van der Waals surface area contributed by atoms with E-state index in [9.17, 15) is 0 Å². The van der Waals surface area contributed by atoms with Gasteiger partial charge < -0.3 is 0 Å². The van der Waals surface area contributed by atoms with Crippen LogP contribution in [0.15, 0.2) is 0 Å². The molecule has 11 heavy (non-hydrogen) atoms. The van der Waals surface area contributed by atoms with E-state index in [1.807, 2.05) is 0 Å². The first-order valence-corrected chi connectivity index (χ1v) is 5.45. The summed E-state index contributed by atoms with van der Waals surface area (Å²) >= 11 is 0. The summed E-state index contributed by atoms with van der Waals surface area (Å²) < 4.78 is 0. The minimum atomic E-state index is 1.19. The largest absolute Gasteiger partial charge is 0.0527 e. The van der Waals surface area contributed by atoms with E-state index in [0.717, 1.165) is 0 Å². The maximum atomic E-state index is 1.62. The third-order valence-corrected chi connectivity index (χ3v) is 4.59. The maximum Gasteiger partial charge on any atom is -0.0355 e. The molecule has 0 bridgehead atoms. The van der Waals surface area contributed by atoms with Gasteiger partial charge in [-0.3, -0.25) is 0 Å². The van der Waals surface area contributed by atoms with Gasteiger partial charge in [0.25, 0.3) is 0 Å². The van der Waals surface area contributed by atoms with E-state index in [-0.39, 0.29) is 0 Å². The van der Waals surface area contributed by atoms with E-state index in [1.165, 1.54) is 23.7 Å². The lowest BCUT2D eigenvalue weighted by Crippen LogP contribution is -2.08. The highest BCUT2D eigenvalue weighted by Crippen LogP contribution is 2.56. The fourth-order valence-corrected chi connectivity index (χ4v) is 4.23. The van der Waals surface area contributed by atoms with Gasteiger partial charge in [0, 0.05) is 0 Å². The lowest BCUT2D eigenvalue weighted by molar-refractivity contribution is 0.334. The first-order valence-electron chi connectivity index (χ1n) is 5.45. The highest BCUT2D eigenvalue weighted by molar-refractivity contribution is 4.96. The third-order valence-electron chi connectivity index (χ3n) is 4.59. The standard InChI is InChI=1S/C11H18/c1-3-8-7-9-4-2-6-11(9)10(8)5-1/h8-11H,1-7H2/t8-,9+,10-,11?/m1/s1. The Bertz CT molecular complexity index is 143. The molecule has 0 spiro atoms. The molecule has 0 heterocycles. The number of rotatable bonds is 0. The van der Waals surface area contributed by atoms with Crippen molar-refractivity contribution in [2.75, 3.05) is 0 Å². The van der Waals surface area contributed by atoms with Crippen molar-refractivity contribution in [2.24, 2.45) is 23.7 Å². The van der Waals surface area contributed by atoms with E-state index in [2.05, 4.69) is 0 Å². The van der Waals surface area contributed by atoms with Crippen LogP contribution in [0.4, 0.5) is 0 Å². The van der Waals surface area contributed by atoms with Crippen LogP contribution in [0.1, 0.15) is 44.9 Å². The molecule has 0 aliphatic heterocycles. The Morgan fingerprint density at radius 2 is 1.18 bits per heavy atom. The Balaban J connectivity index is 1.84. The predicted molar refractivity (Wildman–Crippen MR) is 46.3 cm³/mol. The summed E-state index contributed by atoms with van der Waals surface area (Å²) in [5.41, 5.74) is 0. The first-order chi connectivity index (χ1) is 5.45. The van der Waals surface area contributed by atoms with Crippen molar-refractivity contribution >= 4 is 0 Å². The van der Waals surface area contributed by atoms with E-state index in [1.54, 1.807) is 44.9 Å². The second-order valence-corrected chi connectivity index (χ2v) is 4.95. The van der Waals surface area contributed by atoms with Crippen molar-refractivity contribution < 1.29 is 0 Å². The van der Waals surface area contributed by atoms with E-state index < -0.39 is 0 Å². The summed E-state index contributed by atoms with van der Waals surface area (Å²) in [5, 5.41) is 0. The number of hydrogen-bond donors (Lipinski definition) is 0. The van der Waals surface area contributed by atoms with Crippen molar-refractivity contribution in [2.45, 2.75) is 44.9 Å². The zero-order valence-electron chi connectivity index (χ0n) is 7.26. The molecule has 4 atom stereocenters. The minimum Gasteiger partial charge on any atom is -0.0527 e. The Labute approximate surface area is 69.4 Å². The molecular formula is C11H18. The maximum absolute atomic E-state index is 1.62. The minimum absolute atomic E-state index is 1.19. The zero-order chi connectivity index (χ0) is 7.26. The van der Waals surface area contributed by atoms with Gasteiger partial charge in [-0.2, -0.15) is 0 Å². The zero-order valence-corrected chi connectivity index (χ0v) is 7.26. The van der Waals surface area contributed by atoms with E-state index >= 15 is 0 Å². The van der Waals surface area contributed by atoms with Crippen molar-refractivity contribution in [1.29, 1.82) is 0 Å². The van der Waals surface area contributed by atoms with Gasteiger partial charge in [-0.15, -0.1) is 0 Å². The third kappa shape index (κ3) is 0.816. The molecule has 0 aromatic heterocycles. The van der Waals surface area contributed by atoms with Crippen LogP contribution in [-0.2, 0) is 0 Å². The summed E-state index contributed by atoms with van der Waals surface area (Å²) in [4.78, 5) is 0. The van der Waals surface area contributed by atoms with Gasteiger partial charge in [0.1, 0.15) is 0 Å². The summed E-state index contributed by atoms with van der Waals surface area (Å²) in [6.07, 6.45) is 11.1. The second kappa shape index (κ2) is 2.24. The molecule has 0 nitrogen and oxygen atoms in total.